The lowest BCUT2D eigenvalue weighted by Crippen LogP contribution is -2.31. The van der Waals surface area contributed by atoms with Crippen molar-refractivity contribution in [3.8, 4) is 11.8 Å². The molecule has 0 radical (unpaired) electrons. The molecule has 27 heavy (non-hydrogen) atoms. The van der Waals surface area contributed by atoms with Gasteiger partial charge in [0.05, 0.1) is 0 Å². The number of allylic oxidation sites excluding steroid dienone is 1. The van der Waals surface area contributed by atoms with Crippen LogP contribution in [-0.2, 0) is 4.79 Å². The second-order valence-corrected chi connectivity index (χ2v) is 5.69. The molecule has 0 aliphatic carbocycles. The lowest BCUT2D eigenvalue weighted by atomic mass is 10.1. The smallest absolute Gasteiger partial charge is 0.354 e. The zero-order valence-electron chi connectivity index (χ0n) is 15.4. The first-order valence-electron chi connectivity index (χ1n) is 8.74. The highest BCUT2D eigenvalue weighted by atomic mass is 16.4. The number of carboxylic acids is 1. The summed E-state index contributed by atoms with van der Waals surface area (Å²) >= 11 is 0. The van der Waals surface area contributed by atoms with Crippen molar-refractivity contribution in [2.75, 3.05) is 6.54 Å². The summed E-state index contributed by atoms with van der Waals surface area (Å²) in [6.45, 7) is 4.27. The van der Waals surface area contributed by atoms with E-state index in [-0.39, 0.29) is 5.70 Å². The molecule has 0 spiro atoms. The molecule has 138 valence electrons. The third-order valence-electron chi connectivity index (χ3n) is 3.77. The number of carboxylic acid groups (broad SMARTS) is 1. The average molecular weight is 362 g/mol. The topological polar surface area (TPSA) is 78.4 Å². The first-order valence-corrected chi connectivity index (χ1v) is 8.74. The van der Waals surface area contributed by atoms with E-state index >= 15 is 0 Å². The minimum atomic E-state index is -1.17. The molecule has 0 saturated heterocycles. The summed E-state index contributed by atoms with van der Waals surface area (Å²) in [5.74, 6) is 4.44. The summed E-state index contributed by atoms with van der Waals surface area (Å²) < 4.78 is 0. The number of carbonyl (C=O) groups is 2. The number of nitrogens with one attached hydrogen (secondary N) is 2. The number of hydrogen-bond acceptors (Lipinski definition) is 3. The largest absolute Gasteiger partial charge is 0.477 e. The van der Waals surface area contributed by atoms with Crippen molar-refractivity contribution in [3.63, 3.8) is 0 Å². The Hall–Kier alpha value is -3.52. The molecule has 5 nitrogen and oxygen atoms in total. The van der Waals surface area contributed by atoms with Gasteiger partial charge >= 0.3 is 5.97 Å². The number of rotatable bonds is 6. The van der Waals surface area contributed by atoms with Gasteiger partial charge in [-0.05, 0) is 49.7 Å². The third-order valence-corrected chi connectivity index (χ3v) is 3.77. The van der Waals surface area contributed by atoms with Gasteiger partial charge in [-0.2, -0.15) is 0 Å². The van der Waals surface area contributed by atoms with Crippen molar-refractivity contribution in [3.05, 3.63) is 82.7 Å². The molecule has 1 amide bonds. The van der Waals surface area contributed by atoms with Crippen LogP contribution in [0, 0.1) is 11.8 Å². The highest BCUT2D eigenvalue weighted by molar-refractivity contribution is 6.00. The van der Waals surface area contributed by atoms with E-state index in [9.17, 15) is 14.7 Å². The minimum absolute atomic E-state index is 0.128. The Labute approximate surface area is 159 Å². The van der Waals surface area contributed by atoms with Gasteiger partial charge in [-0.25, -0.2) is 4.79 Å². The van der Waals surface area contributed by atoms with Gasteiger partial charge in [-0.3, -0.25) is 4.79 Å². The standard InChI is InChI=1S/C22H22N2O3/c1-3-19(23-4-2)20(22(26)27)24-21(25)18-14-12-17(13-15-18)11-10-16-8-6-5-7-9-16/h5-9,12-15,23H,3-4H2,1-2H3,(H,24,25)(H,26,27). The van der Waals surface area contributed by atoms with Gasteiger partial charge in [-0.1, -0.05) is 37.0 Å². The summed E-state index contributed by atoms with van der Waals surface area (Å²) in [5.41, 5.74) is 2.41. The van der Waals surface area contributed by atoms with Gasteiger partial charge in [0.25, 0.3) is 5.91 Å². The van der Waals surface area contributed by atoms with E-state index < -0.39 is 11.9 Å². The SMILES string of the molecule is CCNC(CC)=C(NC(=O)c1ccc(C#Cc2ccccc2)cc1)C(=O)O. The molecule has 0 fully saturated rings. The van der Waals surface area contributed by atoms with Crippen LogP contribution in [0.15, 0.2) is 66.0 Å². The molecule has 0 aliphatic rings. The Balaban J connectivity index is 2.15. The maximum atomic E-state index is 12.4. The van der Waals surface area contributed by atoms with Crippen LogP contribution >= 0.6 is 0 Å². The second-order valence-electron chi connectivity index (χ2n) is 5.69. The first-order chi connectivity index (χ1) is 13.0. The molecule has 0 aromatic heterocycles. The van der Waals surface area contributed by atoms with Crippen molar-refractivity contribution in [2.45, 2.75) is 20.3 Å². The Morgan fingerprint density at radius 2 is 1.52 bits per heavy atom. The van der Waals surface area contributed by atoms with Gasteiger partial charge < -0.3 is 15.7 Å². The van der Waals surface area contributed by atoms with Crippen LogP contribution in [0.4, 0.5) is 0 Å². The summed E-state index contributed by atoms with van der Waals surface area (Å²) in [4.78, 5) is 23.9. The zero-order valence-corrected chi connectivity index (χ0v) is 15.4. The highest BCUT2D eigenvalue weighted by Gasteiger charge is 2.17. The molecule has 0 unspecified atom stereocenters. The van der Waals surface area contributed by atoms with Crippen LogP contribution < -0.4 is 10.6 Å². The summed E-state index contributed by atoms with van der Waals surface area (Å²) in [7, 11) is 0. The van der Waals surface area contributed by atoms with E-state index in [1.807, 2.05) is 44.2 Å². The van der Waals surface area contributed by atoms with Crippen LogP contribution in [-0.4, -0.2) is 23.5 Å². The Morgan fingerprint density at radius 3 is 2.04 bits per heavy atom. The molecule has 0 bridgehead atoms. The number of carbonyl (C=O) groups excluding carboxylic acids is 1. The van der Waals surface area contributed by atoms with E-state index in [4.69, 9.17) is 0 Å². The van der Waals surface area contributed by atoms with Crippen LogP contribution in [0.25, 0.3) is 0 Å². The van der Waals surface area contributed by atoms with Gasteiger partial charge in [0.1, 0.15) is 5.70 Å². The van der Waals surface area contributed by atoms with Crippen molar-refractivity contribution in [2.24, 2.45) is 0 Å². The minimum Gasteiger partial charge on any atom is -0.477 e. The Bertz CT molecular complexity index is 889. The average Bonchev–Trinajstić information content (AvgIpc) is 2.69. The number of amides is 1. The van der Waals surface area contributed by atoms with Gasteiger partial charge in [0.2, 0.25) is 0 Å². The molecule has 5 heteroatoms. The van der Waals surface area contributed by atoms with E-state index in [1.165, 1.54) is 0 Å². The summed E-state index contributed by atoms with van der Waals surface area (Å²) in [6.07, 6.45) is 0.476. The molecular weight excluding hydrogens is 340 g/mol. The van der Waals surface area contributed by atoms with Gasteiger partial charge in [0, 0.05) is 28.9 Å². The monoisotopic (exact) mass is 362 g/mol. The summed E-state index contributed by atoms with van der Waals surface area (Å²) in [6, 6.07) is 16.3. The van der Waals surface area contributed by atoms with Gasteiger partial charge in [0.15, 0.2) is 0 Å². The van der Waals surface area contributed by atoms with Crippen LogP contribution in [0.2, 0.25) is 0 Å². The van der Waals surface area contributed by atoms with Crippen LogP contribution in [0.3, 0.4) is 0 Å². The van der Waals surface area contributed by atoms with Crippen molar-refractivity contribution < 1.29 is 14.7 Å². The molecule has 0 heterocycles. The maximum absolute atomic E-state index is 12.4. The Kier molecular flexibility index (Phi) is 7.21. The highest BCUT2D eigenvalue weighted by Crippen LogP contribution is 2.08. The maximum Gasteiger partial charge on any atom is 0.354 e. The number of aliphatic carboxylic acids is 1. The predicted molar refractivity (Wildman–Crippen MR) is 105 cm³/mol. The summed E-state index contributed by atoms with van der Waals surface area (Å²) in [5, 5.41) is 14.9. The molecular formula is C22H22N2O3. The van der Waals surface area contributed by atoms with Crippen molar-refractivity contribution in [1.29, 1.82) is 0 Å². The Morgan fingerprint density at radius 1 is 0.926 bits per heavy atom. The molecule has 2 aromatic rings. The molecule has 2 aromatic carbocycles. The van der Waals surface area contributed by atoms with Crippen LogP contribution in [0.1, 0.15) is 41.8 Å². The van der Waals surface area contributed by atoms with E-state index in [2.05, 4.69) is 22.5 Å². The van der Waals surface area contributed by atoms with E-state index in [0.29, 0.717) is 24.2 Å². The zero-order chi connectivity index (χ0) is 19.6. The molecule has 3 N–H and O–H groups in total. The van der Waals surface area contributed by atoms with E-state index in [0.717, 1.165) is 11.1 Å². The fraction of sp³-hybridized carbons (Fsp3) is 0.182. The molecule has 0 atom stereocenters. The number of hydrogen-bond donors (Lipinski definition) is 3. The van der Waals surface area contributed by atoms with Crippen LogP contribution in [0.5, 0.6) is 0 Å². The molecule has 0 aliphatic heterocycles. The lowest BCUT2D eigenvalue weighted by molar-refractivity contribution is -0.133. The predicted octanol–water partition coefficient (Wildman–Crippen LogP) is 3.13. The fourth-order valence-electron chi connectivity index (χ4n) is 2.42. The third kappa shape index (κ3) is 5.75. The number of benzene rings is 2. The normalized spacial score (nSPS) is 10.9. The van der Waals surface area contributed by atoms with Crippen molar-refractivity contribution >= 4 is 11.9 Å². The fourth-order valence-corrected chi connectivity index (χ4v) is 2.42. The molecule has 0 saturated carbocycles. The second kappa shape index (κ2) is 9.83. The first kappa shape index (κ1) is 19.8. The van der Waals surface area contributed by atoms with Crippen molar-refractivity contribution in [1.82, 2.24) is 10.6 Å². The van der Waals surface area contributed by atoms with Gasteiger partial charge in [-0.15, -0.1) is 0 Å². The quantitative estimate of drug-likeness (QED) is 0.545. The lowest BCUT2D eigenvalue weighted by Gasteiger charge is -2.13. The molecule has 2 rings (SSSR count). The van der Waals surface area contributed by atoms with E-state index in [1.54, 1.807) is 24.3 Å².